The number of carboxylic acid groups (broad SMARTS) is 1. The average molecular weight is 477 g/mol. The monoisotopic (exact) mass is 476 g/mol. The molecule has 1 atom stereocenters. The highest BCUT2D eigenvalue weighted by Gasteiger charge is 2.27. The van der Waals surface area contributed by atoms with Crippen molar-refractivity contribution < 1.29 is 19.4 Å². The largest absolute Gasteiger partial charge is 0.477 e. The van der Waals surface area contributed by atoms with Crippen LogP contribution in [0.4, 0.5) is 5.95 Å². The van der Waals surface area contributed by atoms with E-state index < -0.39 is 17.4 Å². The van der Waals surface area contributed by atoms with E-state index in [1.165, 1.54) is 19.5 Å². The van der Waals surface area contributed by atoms with Gasteiger partial charge in [-0.1, -0.05) is 13.8 Å². The third kappa shape index (κ3) is 5.05. The van der Waals surface area contributed by atoms with Crippen molar-refractivity contribution in [2.75, 3.05) is 38.2 Å². The third-order valence-corrected chi connectivity index (χ3v) is 6.00. The Morgan fingerprint density at radius 3 is 2.48 bits per heavy atom. The molecule has 3 heterocycles. The second-order valence-corrected chi connectivity index (χ2v) is 8.43. The lowest BCUT2D eigenvalue weighted by Crippen LogP contribution is -2.56. The van der Waals surface area contributed by atoms with Crippen LogP contribution < -0.4 is 15.6 Å². The minimum Gasteiger partial charge on any atom is -0.477 e. The van der Waals surface area contributed by atoms with Crippen molar-refractivity contribution in [3.63, 3.8) is 0 Å². The highest BCUT2D eigenvalue weighted by atomic mass is 32.1. The van der Waals surface area contributed by atoms with E-state index in [0.717, 1.165) is 0 Å². The number of pyridine rings is 1. The number of esters is 1. The number of aromatic carboxylic acids is 1. The van der Waals surface area contributed by atoms with Gasteiger partial charge in [-0.15, -0.1) is 0 Å². The number of nitrogens with one attached hydrogen (secondary N) is 1. The van der Waals surface area contributed by atoms with Gasteiger partial charge in [-0.3, -0.25) is 4.79 Å². The Morgan fingerprint density at radius 2 is 1.94 bits per heavy atom. The lowest BCUT2D eigenvalue weighted by atomic mass is 10.1. The Balaban J connectivity index is 1.75. The zero-order valence-electron chi connectivity index (χ0n) is 19.1. The van der Waals surface area contributed by atoms with Gasteiger partial charge in [-0.2, -0.15) is 4.98 Å². The number of methoxy groups -OCH3 is 1. The summed E-state index contributed by atoms with van der Waals surface area (Å²) in [4.78, 5) is 48.7. The van der Waals surface area contributed by atoms with Gasteiger partial charge in [0.25, 0.3) is 0 Å². The van der Waals surface area contributed by atoms with Crippen molar-refractivity contribution in [2.24, 2.45) is 5.92 Å². The van der Waals surface area contributed by atoms with E-state index in [1.54, 1.807) is 4.57 Å². The smallest absolute Gasteiger partial charge is 0.341 e. The number of hydrogen-bond donors (Lipinski definition) is 2. The Morgan fingerprint density at radius 1 is 1.27 bits per heavy atom. The zero-order chi connectivity index (χ0) is 24.3. The molecule has 0 bridgehead atoms. The molecular weight excluding hydrogens is 448 g/mol. The van der Waals surface area contributed by atoms with Crippen LogP contribution in [0.15, 0.2) is 17.2 Å². The van der Waals surface area contributed by atoms with E-state index in [1.807, 2.05) is 30.6 Å². The molecule has 0 aliphatic carbocycles. The number of carbonyl (C=O) groups excluding carboxylic acids is 1. The summed E-state index contributed by atoms with van der Waals surface area (Å²) in [5.74, 6) is -1.16. The van der Waals surface area contributed by atoms with Crippen LogP contribution in [-0.4, -0.2) is 80.9 Å². The van der Waals surface area contributed by atoms with Crippen molar-refractivity contribution in [1.82, 2.24) is 24.8 Å². The Kier molecular flexibility index (Phi) is 7.46. The number of carboxylic acids is 1. The molecule has 2 aromatic rings. The number of piperazine rings is 1. The minimum absolute atomic E-state index is 0.0144. The maximum atomic E-state index is 12.5. The molecule has 1 aliphatic rings. The van der Waals surface area contributed by atoms with Crippen LogP contribution in [0.25, 0.3) is 11.0 Å². The van der Waals surface area contributed by atoms with Gasteiger partial charge in [0.1, 0.15) is 17.3 Å². The van der Waals surface area contributed by atoms with E-state index >= 15 is 0 Å². The van der Waals surface area contributed by atoms with Crippen molar-refractivity contribution in [3.8, 4) is 0 Å². The lowest BCUT2D eigenvalue weighted by molar-refractivity contribution is -0.143. The highest BCUT2D eigenvalue weighted by Crippen LogP contribution is 2.16. The van der Waals surface area contributed by atoms with Crippen LogP contribution in [0.3, 0.4) is 0 Å². The first-order valence-corrected chi connectivity index (χ1v) is 11.1. The maximum Gasteiger partial charge on any atom is 0.341 e. The molecule has 2 aromatic heterocycles. The Labute approximate surface area is 196 Å². The summed E-state index contributed by atoms with van der Waals surface area (Å²) < 4.78 is 6.50. The molecule has 33 heavy (non-hydrogen) atoms. The fourth-order valence-electron chi connectivity index (χ4n) is 3.67. The van der Waals surface area contributed by atoms with Gasteiger partial charge in [0.2, 0.25) is 11.4 Å². The fraction of sp³-hybridized carbons (Fsp3) is 0.524. The van der Waals surface area contributed by atoms with E-state index in [2.05, 4.69) is 15.3 Å². The molecule has 178 valence electrons. The molecule has 0 saturated carbocycles. The minimum atomic E-state index is -1.28. The first-order chi connectivity index (χ1) is 15.7. The SMILES string of the molecule is CCn1cc(C(=O)O)c(=O)c2cnc(N3CCN(C(=S)NC(C(=O)OC)C(C)C)CC3)nc21. The van der Waals surface area contributed by atoms with Gasteiger partial charge >= 0.3 is 11.9 Å². The molecule has 0 spiro atoms. The molecule has 1 fully saturated rings. The Bertz CT molecular complexity index is 1130. The number of aryl methyl sites for hydroxylation is 1. The summed E-state index contributed by atoms with van der Waals surface area (Å²) in [5.41, 5.74) is -0.503. The van der Waals surface area contributed by atoms with Gasteiger partial charge in [0.15, 0.2) is 5.11 Å². The van der Waals surface area contributed by atoms with Gasteiger partial charge in [0.05, 0.1) is 12.5 Å². The van der Waals surface area contributed by atoms with Gasteiger partial charge in [0, 0.05) is 45.1 Å². The number of aromatic nitrogens is 3. The number of carbonyl (C=O) groups is 2. The first-order valence-electron chi connectivity index (χ1n) is 10.7. The number of fused-ring (bicyclic) bond motifs is 1. The molecule has 0 radical (unpaired) electrons. The van der Waals surface area contributed by atoms with E-state index in [4.69, 9.17) is 17.0 Å². The molecule has 0 amide bonds. The quantitative estimate of drug-likeness (QED) is 0.451. The molecule has 1 aliphatic heterocycles. The highest BCUT2D eigenvalue weighted by molar-refractivity contribution is 7.80. The average Bonchev–Trinajstić information content (AvgIpc) is 2.81. The zero-order valence-corrected chi connectivity index (χ0v) is 19.9. The summed E-state index contributed by atoms with van der Waals surface area (Å²) >= 11 is 5.51. The first kappa shape index (κ1) is 24.4. The van der Waals surface area contributed by atoms with Gasteiger partial charge in [-0.25, -0.2) is 14.6 Å². The molecule has 1 saturated heterocycles. The topological polar surface area (TPSA) is 130 Å². The normalized spacial score (nSPS) is 14.9. The van der Waals surface area contributed by atoms with E-state index in [0.29, 0.717) is 49.4 Å². The molecule has 1 unspecified atom stereocenters. The van der Waals surface area contributed by atoms with Crippen LogP contribution >= 0.6 is 12.2 Å². The number of thiocarbonyl (C=S) groups is 1. The van der Waals surface area contributed by atoms with Crippen molar-refractivity contribution in [1.29, 1.82) is 0 Å². The maximum absolute atomic E-state index is 12.5. The predicted octanol–water partition coefficient (Wildman–Crippen LogP) is 0.704. The second-order valence-electron chi connectivity index (χ2n) is 8.04. The third-order valence-electron chi connectivity index (χ3n) is 5.62. The van der Waals surface area contributed by atoms with Gasteiger partial charge < -0.3 is 29.5 Å². The standard InChI is InChI=1S/C21H28N6O5S/c1-5-25-11-14(18(29)30)16(28)13-10-22-20(24-17(13)25)26-6-8-27(9-7-26)21(33)23-15(12(2)3)19(31)32-4/h10-12,15H,5-9H2,1-4H3,(H,23,33)(H,29,30). The van der Waals surface area contributed by atoms with Crippen LogP contribution in [0, 0.1) is 5.92 Å². The van der Waals surface area contributed by atoms with E-state index in [-0.39, 0.29) is 22.8 Å². The van der Waals surface area contributed by atoms with Crippen LogP contribution in [0.2, 0.25) is 0 Å². The molecule has 3 rings (SSSR count). The van der Waals surface area contributed by atoms with Crippen LogP contribution in [-0.2, 0) is 16.1 Å². The molecule has 12 heteroatoms. The van der Waals surface area contributed by atoms with Gasteiger partial charge in [-0.05, 0) is 25.1 Å². The molecule has 0 aromatic carbocycles. The molecule has 2 N–H and O–H groups in total. The van der Waals surface area contributed by atoms with E-state index in [9.17, 15) is 19.5 Å². The van der Waals surface area contributed by atoms with Crippen molar-refractivity contribution in [3.05, 3.63) is 28.2 Å². The molecule has 11 nitrogen and oxygen atoms in total. The summed E-state index contributed by atoms with van der Waals surface area (Å²) in [7, 11) is 1.35. The van der Waals surface area contributed by atoms with Crippen LogP contribution in [0.5, 0.6) is 0 Å². The van der Waals surface area contributed by atoms with Crippen molar-refractivity contribution in [2.45, 2.75) is 33.4 Å². The lowest BCUT2D eigenvalue weighted by Gasteiger charge is -2.37. The summed E-state index contributed by atoms with van der Waals surface area (Å²) in [6, 6.07) is -0.522. The second kappa shape index (κ2) is 10.1. The van der Waals surface area contributed by atoms with Crippen LogP contribution in [0.1, 0.15) is 31.1 Å². The Hall–Kier alpha value is -3.28. The number of nitrogens with zero attached hydrogens (tertiary/aromatic N) is 5. The summed E-state index contributed by atoms with van der Waals surface area (Å²) in [6.45, 7) is 8.50. The molecular formula is C21H28N6O5S. The number of anilines is 1. The summed E-state index contributed by atoms with van der Waals surface area (Å²) in [6.07, 6.45) is 2.71. The van der Waals surface area contributed by atoms with Crippen molar-refractivity contribution >= 4 is 46.3 Å². The number of hydrogen-bond acceptors (Lipinski definition) is 8. The summed E-state index contributed by atoms with van der Waals surface area (Å²) in [5, 5.41) is 13.1. The number of ether oxygens (including phenoxy) is 1. The number of rotatable bonds is 6. The predicted molar refractivity (Wildman–Crippen MR) is 127 cm³/mol. The fourth-order valence-corrected chi connectivity index (χ4v) is 3.98.